The zero-order valence-corrected chi connectivity index (χ0v) is 11.3. The standard InChI is InChI=1S/C14H12F3N3O2/c15-14(16,17)9-3-1-2-4-11(9)18-13(21)12-8-7-22-6-5-10(8)19-20-12/h1-4H,5-7H2,(H,18,21)(H,19,20). The topological polar surface area (TPSA) is 67.0 Å². The van der Waals surface area contributed by atoms with Gasteiger partial charge in [0.1, 0.15) is 0 Å². The van der Waals surface area contributed by atoms with Gasteiger partial charge in [-0.1, -0.05) is 12.1 Å². The highest BCUT2D eigenvalue weighted by Crippen LogP contribution is 2.34. The van der Waals surface area contributed by atoms with Crippen LogP contribution in [0, 0.1) is 0 Å². The molecule has 0 aliphatic carbocycles. The molecular formula is C14H12F3N3O2. The Labute approximate surface area is 123 Å². The van der Waals surface area contributed by atoms with Gasteiger partial charge in [-0.25, -0.2) is 0 Å². The number of amides is 1. The van der Waals surface area contributed by atoms with Crippen LogP contribution in [0.4, 0.5) is 18.9 Å². The Morgan fingerprint density at radius 3 is 2.86 bits per heavy atom. The number of fused-ring (bicyclic) bond motifs is 1. The van der Waals surface area contributed by atoms with E-state index >= 15 is 0 Å². The van der Waals surface area contributed by atoms with Crippen molar-refractivity contribution in [2.24, 2.45) is 0 Å². The lowest BCUT2D eigenvalue weighted by Gasteiger charge is -2.14. The fourth-order valence-electron chi connectivity index (χ4n) is 2.32. The Kier molecular flexibility index (Phi) is 3.61. The zero-order valence-electron chi connectivity index (χ0n) is 11.3. The minimum Gasteiger partial charge on any atom is -0.376 e. The highest BCUT2D eigenvalue weighted by atomic mass is 19.4. The van der Waals surface area contributed by atoms with Crippen molar-refractivity contribution in [3.05, 3.63) is 46.8 Å². The molecule has 22 heavy (non-hydrogen) atoms. The quantitative estimate of drug-likeness (QED) is 0.896. The molecule has 3 rings (SSSR count). The second-order valence-electron chi connectivity index (χ2n) is 4.83. The van der Waals surface area contributed by atoms with Crippen molar-refractivity contribution < 1.29 is 22.7 Å². The molecule has 0 spiro atoms. The Hall–Kier alpha value is -2.35. The minimum absolute atomic E-state index is 0.0617. The fraction of sp³-hybridized carbons (Fsp3) is 0.286. The first-order valence-electron chi connectivity index (χ1n) is 6.58. The second-order valence-corrected chi connectivity index (χ2v) is 4.83. The van der Waals surface area contributed by atoms with Gasteiger partial charge in [-0.3, -0.25) is 9.89 Å². The maximum Gasteiger partial charge on any atom is 0.418 e. The minimum atomic E-state index is -4.54. The van der Waals surface area contributed by atoms with Crippen LogP contribution in [-0.2, 0) is 23.9 Å². The molecule has 0 unspecified atom stereocenters. The number of rotatable bonds is 2. The number of hydrogen-bond donors (Lipinski definition) is 2. The Morgan fingerprint density at radius 1 is 1.32 bits per heavy atom. The van der Waals surface area contributed by atoms with E-state index in [-0.39, 0.29) is 18.0 Å². The average molecular weight is 311 g/mol. The molecule has 8 heteroatoms. The number of nitrogens with zero attached hydrogens (tertiary/aromatic N) is 1. The van der Waals surface area contributed by atoms with Crippen LogP contribution in [0.5, 0.6) is 0 Å². The predicted molar refractivity (Wildman–Crippen MR) is 71.3 cm³/mol. The first-order valence-corrected chi connectivity index (χ1v) is 6.58. The summed E-state index contributed by atoms with van der Waals surface area (Å²) in [6, 6.07) is 4.81. The van der Waals surface area contributed by atoms with Crippen LogP contribution in [0.15, 0.2) is 24.3 Å². The first kappa shape index (κ1) is 14.6. The van der Waals surface area contributed by atoms with Crippen LogP contribution in [-0.4, -0.2) is 22.7 Å². The molecule has 0 saturated heterocycles. The number of aromatic amines is 1. The number of carbonyl (C=O) groups is 1. The summed E-state index contributed by atoms with van der Waals surface area (Å²) in [6.45, 7) is 0.739. The molecule has 1 aromatic carbocycles. The van der Waals surface area contributed by atoms with Gasteiger partial charge in [-0.15, -0.1) is 0 Å². The molecular weight excluding hydrogens is 299 g/mol. The Morgan fingerprint density at radius 2 is 2.09 bits per heavy atom. The van der Waals surface area contributed by atoms with Crippen LogP contribution in [0.3, 0.4) is 0 Å². The third kappa shape index (κ3) is 2.69. The van der Waals surface area contributed by atoms with Gasteiger partial charge in [0, 0.05) is 17.7 Å². The molecule has 1 aliphatic rings. The highest BCUT2D eigenvalue weighted by molar-refractivity contribution is 6.04. The number of hydrogen-bond acceptors (Lipinski definition) is 3. The number of ether oxygens (including phenoxy) is 1. The third-order valence-electron chi connectivity index (χ3n) is 3.39. The fourth-order valence-corrected chi connectivity index (χ4v) is 2.32. The molecule has 0 bridgehead atoms. The largest absolute Gasteiger partial charge is 0.418 e. The number of anilines is 1. The maximum absolute atomic E-state index is 12.9. The van der Waals surface area contributed by atoms with E-state index in [0.717, 1.165) is 11.8 Å². The van der Waals surface area contributed by atoms with Gasteiger partial charge in [-0.2, -0.15) is 18.3 Å². The first-order chi connectivity index (χ1) is 10.5. The van der Waals surface area contributed by atoms with Gasteiger partial charge in [0.05, 0.1) is 24.5 Å². The van der Waals surface area contributed by atoms with Gasteiger partial charge < -0.3 is 10.1 Å². The smallest absolute Gasteiger partial charge is 0.376 e. The zero-order chi connectivity index (χ0) is 15.7. The van der Waals surface area contributed by atoms with Gasteiger partial charge >= 0.3 is 6.18 Å². The summed E-state index contributed by atoms with van der Waals surface area (Å²) in [5.41, 5.74) is 0.234. The van der Waals surface area contributed by atoms with Gasteiger partial charge in [0.25, 0.3) is 5.91 Å². The number of aromatic nitrogens is 2. The normalized spacial score (nSPS) is 14.5. The van der Waals surface area contributed by atoms with E-state index in [1.807, 2.05) is 0 Å². The molecule has 0 fully saturated rings. The van der Waals surface area contributed by atoms with Crippen LogP contribution in [0.25, 0.3) is 0 Å². The molecule has 0 atom stereocenters. The molecule has 2 N–H and O–H groups in total. The SMILES string of the molecule is O=C(Nc1ccccc1C(F)(F)F)c1n[nH]c2c1COCC2. The molecule has 0 radical (unpaired) electrons. The molecule has 116 valence electrons. The Balaban J connectivity index is 1.88. The number of halogens is 3. The van der Waals surface area contributed by atoms with E-state index in [1.54, 1.807) is 0 Å². The van der Waals surface area contributed by atoms with Crippen LogP contribution >= 0.6 is 0 Å². The number of nitrogens with one attached hydrogen (secondary N) is 2. The van der Waals surface area contributed by atoms with E-state index in [4.69, 9.17) is 4.74 Å². The summed E-state index contributed by atoms with van der Waals surface area (Å²) in [5, 5.41) is 8.88. The number of para-hydroxylation sites is 1. The summed E-state index contributed by atoms with van der Waals surface area (Å²) in [5.74, 6) is -0.695. The number of H-pyrrole nitrogens is 1. The summed E-state index contributed by atoms with van der Waals surface area (Å²) in [6.07, 6.45) is -3.95. The lowest BCUT2D eigenvalue weighted by Crippen LogP contribution is -2.19. The summed E-state index contributed by atoms with van der Waals surface area (Å²) in [4.78, 5) is 12.2. The molecule has 1 aliphatic heterocycles. The van der Waals surface area contributed by atoms with Crippen molar-refractivity contribution in [2.75, 3.05) is 11.9 Å². The lowest BCUT2D eigenvalue weighted by molar-refractivity contribution is -0.136. The van der Waals surface area contributed by atoms with Crippen molar-refractivity contribution >= 4 is 11.6 Å². The van der Waals surface area contributed by atoms with Crippen molar-refractivity contribution in [3.8, 4) is 0 Å². The highest BCUT2D eigenvalue weighted by Gasteiger charge is 2.34. The van der Waals surface area contributed by atoms with E-state index in [0.29, 0.717) is 18.6 Å². The average Bonchev–Trinajstić information content (AvgIpc) is 2.90. The number of alkyl halides is 3. The molecule has 5 nitrogen and oxygen atoms in total. The van der Waals surface area contributed by atoms with Crippen LogP contribution < -0.4 is 5.32 Å². The maximum atomic E-state index is 12.9. The molecule has 2 heterocycles. The van der Waals surface area contributed by atoms with E-state index in [2.05, 4.69) is 15.5 Å². The van der Waals surface area contributed by atoms with Gasteiger partial charge in [0.2, 0.25) is 0 Å². The summed E-state index contributed by atoms with van der Waals surface area (Å²) >= 11 is 0. The van der Waals surface area contributed by atoms with Crippen molar-refractivity contribution in [3.63, 3.8) is 0 Å². The number of carbonyl (C=O) groups excluding carboxylic acids is 1. The van der Waals surface area contributed by atoms with Crippen LogP contribution in [0.2, 0.25) is 0 Å². The second kappa shape index (κ2) is 5.45. The Bertz CT molecular complexity index is 710. The van der Waals surface area contributed by atoms with Gasteiger partial charge in [0.15, 0.2) is 5.69 Å². The lowest BCUT2D eigenvalue weighted by atomic mass is 10.1. The van der Waals surface area contributed by atoms with E-state index < -0.39 is 17.6 Å². The van der Waals surface area contributed by atoms with Crippen LogP contribution in [0.1, 0.15) is 27.3 Å². The van der Waals surface area contributed by atoms with E-state index in [1.165, 1.54) is 18.2 Å². The van der Waals surface area contributed by atoms with Gasteiger partial charge in [-0.05, 0) is 12.1 Å². The molecule has 1 amide bonds. The van der Waals surface area contributed by atoms with Crippen molar-refractivity contribution in [1.82, 2.24) is 10.2 Å². The molecule has 1 aromatic heterocycles. The third-order valence-corrected chi connectivity index (χ3v) is 3.39. The van der Waals surface area contributed by atoms with E-state index in [9.17, 15) is 18.0 Å². The summed E-state index contributed by atoms with van der Waals surface area (Å²) in [7, 11) is 0. The monoisotopic (exact) mass is 311 g/mol. The molecule has 2 aromatic rings. The molecule has 0 saturated carbocycles. The summed E-state index contributed by atoms with van der Waals surface area (Å²) < 4.78 is 44.0. The van der Waals surface area contributed by atoms with Crippen molar-refractivity contribution in [2.45, 2.75) is 19.2 Å². The number of benzene rings is 1. The van der Waals surface area contributed by atoms with Crippen molar-refractivity contribution in [1.29, 1.82) is 0 Å². The predicted octanol–water partition coefficient (Wildman–Crippen LogP) is 2.75.